The van der Waals surface area contributed by atoms with Crippen molar-refractivity contribution >= 4 is 23.7 Å². The maximum Gasteiger partial charge on any atom is 0.305 e. The largest absolute Gasteiger partial charge is 0.326 e. The second kappa shape index (κ2) is 5.43. The van der Waals surface area contributed by atoms with Gasteiger partial charge in [0.05, 0.1) is 4.92 Å². The van der Waals surface area contributed by atoms with Gasteiger partial charge in [0.2, 0.25) is 5.82 Å². The summed E-state index contributed by atoms with van der Waals surface area (Å²) < 4.78 is 12.9. The summed E-state index contributed by atoms with van der Waals surface area (Å²) in [6.45, 7) is 3.79. The Morgan fingerprint density at radius 2 is 2.20 bits per heavy atom. The van der Waals surface area contributed by atoms with Gasteiger partial charge in [-0.3, -0.25) is 10.1 Å². The number of rotatable bonds is 3. The molecule has 0 aliphatic carbocycles. The SMILES string of the molecule is C=C(CN)c1ccc(F)c([N+](=O)[O-])c1.Cl. The van der Waals surface area contributed by atoms with Crippen LogP contribution in [0, 0.1) is 15.9 Å². The van der Waals surface area contributed by atoms with E-state index in [2.05, 4.69) is 6.58 Å². The van der Waals surface area contributed by atoms with Crippen molar-refractivity contribution in [3.05, 3.63) is 46.3 Å². The molecule has 0 saturated heterocycles. The van der Waals surface area contributed by atoms with E-state index in [4.69, 9.17) is 5.73 Å². The molecule has 82 valence electrons. The predicted octanol–water partition coefficient (Wildman–Crippen LogP) is 2.13. The maximum atomic E-state index is 12.9. The summed E-state index contributed by atoms with van der Waals surface area (Å²) in [5.41, 5.74) is 5.77. The maximum absolute atomic E-state index is 12.9. The zero-order valence-corrected chi connectivity index (χ0v) is 8.59. The summed E-state index contributed by atoms with van der Waals surface area (Å²) in [4.78, 5) is 9.61. The van der Waals surface area contributed by atoms with Crippen LogP contribution in [0.3, 0.4) is 0 Å². The van der Waals surface area contributed by atoms with Gasteiger partial charge in [0.25, 0.3) is 0 Å². The van der Waals surface area contributed by atoms with Crippen LogP contribution >= 0.6 is 12.4 Å². The Morgan fingerprint density at radius 1 is 1.60 bits per heavy atom. The summed E-state index contributed by atoms with van der Waals surface area (Å²) in [6, 6.07) is 3.58. The molecule has 2 N–H and O–H groups in total. The molecule has 0 aliphatic heterocycles. The second-order valence-electron chi connectivity index (χ2n) is 2.73. The Bertz CT molecular complexity index is 396. The lowest BCUT2D eigenvalue weighted by molar-refractivity contribution is -0.387. The minimum atomic E-state index is -0.858. The first-order valence-electron chi connectivity index (χ1n) is 3.88. The topological polar surface area (TPSA) is 69.2 Å². The van der Waals surface area contributed by atoms with E-state index < -0.39 is 16.4 Å². The van der Waals surface area contributed by atoms with Gasteiger partial charge < -0.3 is 5.73 Å². The lowest BCUT2D eigenvalue weighted by Gasteiger charge is -2.02. The highest BCUT2D eigenvalue weighted by Crippen LogP contribution is 2.21. The Kier molecular flexibility index (Phi) is 4.90. The van der Waals surface area contributed by atoms with Crippen molar-refractivity contribution in [2.24, 2.45) is 5.73 Å². The fourth-order valence-corrected chi connectivity index (χ4v) is 0.990. The predicted molar refractivity (Wildman–Crippen MR) is 58.4 cm³/mol. The smallest absolute Gasteiger partial charge is 0.305 e. The Labute approximate surface area is 92.1 Å². The molecule has 0 aromatic heterocycles. The molecular formula is C9H10ClFN2O2. The molecule has 0 heterocycles. The summed E-state index contributed by atoms with van der Waals surface area (Å²) in [7, 11) is 0. The first kappa shape index (κ1) is 13.5. The van der Waals surface area contributed by atoms with E-state index in [0.717, 1.165) is 12.1 Å². The molecule has 1 aromatic rings. The van der Waals surface area contributed by atoms with Gasteiger partial charge in [-0.05, 0) is 17.2 Å². The molecule has 0 saturated carbocycles. The third-order valence-electron chi connectivity index (χ3n) is 1.80. The van der Waals surface area contributed by atoms with Gasteiger partial charge in [0, 0.05) is 12.6 Å². The number of hydrogen-bond acceptors (Lipinski definition) is 3. The first-order chi connectivity index (χ1) is 6.56. The third-order valence-corrected chi connectivity index (χ3v) is 1.80. The van der Waals surface area contributed by atoms with Crippen LogP contribution in [0.2, 0.25) is 0 Å². The van der Waals surface area contributed by atoms with Gasteiger partial charge in [-0.25, -0.2) is 0 Å². The summed E-state index contributed by atoms with van der Waals surface area (Å²) in [5.74, 6) is -0.858. The Hall–Kier alpha value is -1.46. The van der Waals surface area contributed by atoms with Crippen molar-refractivity contribution in [3.8, 4) is 0 Å². The summed E-state index contributed by atoms with van der Waals surface area (Å²) in [5, 5.41) is 10.4. The van der Waals surface area contributed by atoms with Gasteiger partial charge in [-0.1, -0.05) is 12.6 Å². The summed E-state index contributed by atoms with van der Waals surface area (Å²) >= 11 is 0. The number of halogens is 2. The van der Waals surface area contributed by atoms with E-state index in [1.54, 1.807) is 0 Å². The molecule has 1 rings (SSSR count). The average molecular weight is 233 g/mol. The van der Waals surface area contributed by atoms with Crippen molar-refractivity contribution in [3.63, 3.8) is 0 Å². The molecular weight excluding hydrogens is 223 g/mol. The summed E-state index contributed by atoms with van der Waals surface area (Å²) in [6.07, 6.45) is 0. The van der Waals surface area contributed by atoms with Crippen molar-refractivity contribution in [1.82, 2.24) is 0 Å². The van der Waals surface area contributed by atoms with Gasteiger partial charge in [0.1, 0.15) is 0 Å². The quantitative estimate of drug-likeness (QED) is 0.641. The van der Waals surface area contributed by atoms with Crippen molar-refractivity contribution < 1.29 is 9.31 Å². The van der Waals surface area contributed by atoms with Crippen LogP contribution in [-0.4, -0.2) is 11.5 Å². The van der Waals surface area contributed by atoms with Crippen molar-refractivity contribution in [2.75, 3.05) is 6.54 Å². The van der Waals surface area contributed by atoms with E-state index in [1.807, 2.05) is 0 Å². The Morgan fingerprint density at radius 3 is 2.67 bits per heavy atom. The molecule has 0 atom stereocenters. The number of hydrogen-bond donors (Lipinski definition) is 1. The highest BCUT2D eigenvalue weighted by molar-refractivity contribution is 5.85. The average Bonchev–Trinajstić information content (AvgIpc) is 2.17. The molecule has 1 aromatic carbocycles. The van der Waals surface area contributed by atoms with Crippen LogP contribution in [0.5, 0.6) is 0 Å². The monoisotopic (exact) mass is 232 g/mol. The van der Waals surface area contributed by atoms with Gasteiger partial charge in [-0.2, -0.15) is 4.39 Å². The molecule has 0 amide bonds. The van der Waals surface area contributed by atoms with E-state index in [9.17, 15) is 14.5 Å². The number of nitrogens with two attached hydrogens (primary N) is 1. The fraction of sp³-hybridized carbons (Fsp3) is 0.111. The van der Waals surface area contributed by atoms with Crippen molar-refractivity contribution in [1.29, 1.82) is 0 Å². The normalized spacial score (nSPS) is 9.20. The van der Waals surface area contributed by atoms with Crippen molar-refractivity contribution in [2.45, 2.75) is 0 Å². The van der Waals surface area contributed by atoms with E-state index in [-0.39, 0.29) is 19.0 Å². The second-order valence-corrected chi connectivity index (χ2v) is 2.73. The highest BCUT2D eigenvalue weighted by Gasteiger charge is 2.14. The zero-order chi connectivity index (χ0) is 10.7. The number of nitrogens with zero attached hydrogens (tertiary/aromatic N) is 1. The van der Waals surface area contributed by atoms with Crippen LogP contribution in [0.4, 0.5) is 10.1 Å². The van der Waals surface area contributed by atoms with Gasteiger partial charge in [0.15, 0.2) is 0 Å². The molecule has 0 fully saturated rings. The lowest BCUT2D eigenvalue weighted by Crippen LogP contribution is -2.02. The fourth-order valence-electron chi connectivity index (χ4n) is 0.990. The van der Waals surface area contributed by atoms with Gasteiger partial charge in [-0.15, -0.1) is 12.4 Å². The molecule has 15 heavy (non-hydrogen) atoms. The molecule has 0 bridgehead atoms. The van der Waals surface area contributed by atoms with Crippen LogP contribution in [0.25, 0.3) is 5.57 Å². The van der Waals surface area contributed by atoms with Crippen LogP contribution in [0.15, 0.2) is 24.8 Å². The van der Waals surface area contributed by atoms with Gasteiger partial charge >= 0.3 is 5.69 Å². The van der Waals surface area contributed by atoms with Crippen LogP contribution in [-0.2, 0) is 0 Å². The zero-order valence-electron chi connectivity index (χ0n) is 7.77. The molecule has 6 heteroatoms. The van der Waals surface area contributed by atoms with E-state index in [0.29, 0.717) is 11.1 Å². The molecule has 0 spiro atoms. The number of benzene rings is 1. The van der Waals surface area contributed by atoms with E-state index >= 15 is 0 Å². The minimum absolute atomic E-state index is 0. The van der Waals surface area contributed by atoms with E-state index in [1.165, 1.54) is 6.07 Å². The van der Waals surface area contributed by atoms with Crippen LogP contribution in [0.1, 0.15) is 5.56 Å². The van der Waals surface area contributed by atoms with Crippen LogP contribution < -0.4 is 5.73 Å². The molecule has 0 unspecified atom stereocenters. The first-order valence-corrected chi connectivity index (χ1v) is 3.88. The molecule has 0 radical (unpaired) electrons. The molecule has 4 nitrogen and oxygen atoms in total. The standard InChI is InChI=1S/C9H9FN2O2.ClH/c1-6(5-11)7-2-3-8(10)9(4-7)12(13)14;/h2-4H,1,5,11H2;1H. The highest BCUT2D eigenvalue weighted by atomic mass is 35.5. The molecule has 0 aliphatic rings. The third kappa shape index (κ3) is 3.00. The lowest BCUT2D eigenvalue weighted by atomic mass is 10.1. The Balaban J connectivity index is 0.00000196. The minimum Gasteiger partial charge on any atom is -0.326 e. The number of nitro benzene ring substituents is 1. The number of nitro groups is 1.